The summed E-state index contributed by atoms with van der Waals surface area (Å²) >= 11 is 1.37. The number of aryl methyl sites for hydroxylation is 1. The highest BCUT2D eigenvalue weighted by Gasteiger charge is 2.16. The molecule has 0 bridgehead atoms. The largest absolute Gasteiger partial charge is 0.316 e. The number of carbonyl (C=O) groups is 1. The molecule has 1 amide bonds. The molecule has 4 rings (SSSR count). The lowest BCUT2D eigenvalue weighted by Gasteiger charge is -2.06. The number of thiazole rings is 1. The molecule has 3 aromatic carbocycles. The molecule has 1 heterocycles. The Morgan fingerprint density at radius 1 is 1.00 bits per heavy atom. The lowest BCUT2D eigenvalue weighted by Crippen LogP contribution is -2.14. The molecule has 5 nitrogen and oxygen atoms in total. The summed E-state index contributed by atoms with van der Waals surface area (Å²) in [6.07, 6.45) is 2.07. The minimum Gasteiger partial charge on any atom is -0.316 e. The van der Waals surface area contributed by atoms with Crippen LogP contribution in [0.4, 0.5) is 10.1 Å². The summed E-state index contributed by atoms with van der Waals surface area (Å²) in [5.41, 5.74) is 9.12. The average Bonchev–Trinajstić information content (AvgIpc) is 3.22. The first-order valence-electron chi connectivity index (χ1n) is 11.3. The van der Waals surface area contributed by atoms with Crippen molar-refractivity contribution in [1.29, 1.82) is 0 Å². The number of hydrogen-bond donors (Lipinski definition) is 2. The summed E-state index contributed by atoms with van der Waals surface area (Å²) in [6.45, 7) is 6.40. The Balaban J connectivity index is 1.52. The number of hydrazone groups is 1. The van der Waals surface area contributed by atoms with Crippen LogP contribution in [-0.4, -0.2) is 17.1 Å². The first kappa shape index (κ1) is 23.4. The fourth-order valence-corrected chi connectivity index (χ4v) is 4.29. The van der Waals surface area contributed by atoms with E-state index in [1.807, 2.05) is 61.5 Å². The summed E-state index contributed by atoms with van der Waals surface area (Å²) in [6, 6.07) is 26.1. The standard InChI is InChI=1S/C28H28N4OS/c1-19(2)23-15-11-22(12-16-23)18-29-32-28-31-26(24-13-9-20(3)10-14-24)27(34-28)30-25(33)17-21-7-5-4-6-8-21/h4-16,18-19H,17H2,1-3H3,(H,30,33)(H,31,32)/b29-18+. The molecule has 0 saturated carbocycles. The van der Waals surface area contributed by atoms with E-state index in [0.717, 1.165) is 22.4 Å². The van der Waals surface area contributed by atoms with Gasteiger partial charge in [0.15, 0.2) is 0 Å². The minimum atomic E-state index is -0.0801. The van der Waals surface area contributed by atoms with E-state index in [4.69, 9.17) is 4.98 Å². The minimum absolute atomic E-state index is 0.0801. The second-order valence-electron chi connectivity index (χ2n) is 8.46. The fraction of sp³-hybridized carbons (Fsp3) is 0.179. The van der Waals surface area contributed by atoms with Gasteiger partial charge in [0.1, 0.15) is 10.7 Å². The number of aromatic nitrogens is 1. The third-order valence-electron chi connectivity index (χ3n) is 5.39. The first-order valence-corrected chi connectivity index (χ1v) is 12.1. The highest BCUT2D eigenvalue weighted by Crippen LogP contribution is 2.36. The molecule has 172 valence electrons. The van der Waals surface area contributed by atoms with E-state index in [1.165, 1.54) is 22.5 Å². The summed E-state index contributed by atoms with van der Waals surface area (Å²) in [4.78, 5) is 17.4. The van der Waals surface area contributed by atoms with E-state index in [-0.39, 0.29) is 5.91 Å². The molecular formula is C28H28N4OS. The third-order valence-corrected chi connectivity index (χ3v) is 6.27. The quantitative estimate of drug-likeness (QED) is 0.219. The van der Waals surface area contributed by atoms with E-state index in [0.29, 0.717) is 22.5 Å². The monoisotopic (exact) mass is 468 g/mol. The topological polar surface area (TPSA) is 66.4 Å². The highest BCUT2D eigenvalue weighted by molar-refractivity contribution is 7.20. The van der Waals surface area contributed by atoms with Gasteiger partial charge in [0.05, 0.1) is 12.6 Å². The van der Waals surface area contributed by atoms with Gasteiger partial charge in [-0.05, 0) is 29.5 Å². The molecule has 0 atom stereocenters. The molecular weight excluding hydrogens is 440 g/mol. The van der Waals surface area contributed by atoms with E-state index < -0.39 is 0 Å². The molecule has 4 aromatic rings. The zero-order chi connectivity index (χ0) is 23.9. The van der Waals surface area contributed by atoms with Gasteiger partial charge in [-0.2, -0.15) is 5.10 Å². The lowest BCUT2D eigenvalue weighted by molar-refractivity contribution is -0.115. The Morgan fingerprint density at radius 3 is 2.38 bits per heavy atom. The predicted octanol–water partition coefficient (Wildman–Crippen LogP) is 6.87. The van der Waals surface area contributed by atoms with Gasteiger partial charge in [-0.25, -0.2) is 4.98 Å². The Morgan fingerprint density at radius 2 is 1.71 bits per heavy atom. The van der Waals surface area contributed by atoms with Crippen LogP contribution >= 0.6 is 11.3 Å². The predicted molar refractivity (Wildman–Crippen MR) is 143 cm³/mol. The number of nitrogens with zero attached hydrogens (tertiary/aromatic N) is 2. The van der Waals surface area contributed by atoms with E-state index in [9.17, 15) is 4.79 Å². The van der Waals surface area contributed by atoms with Crippen LogP contribution in [0.5, 0.6) is 0 Å². The van der Waals surface area contributed by atoms with Crippen molar-refractivity contribution in [2.45, 2.75) is 33.1 Å². The number of benzene rings is 3. The van der Waals surface area contributed by atoms with Gasteiger partial charge in [0.2, 0.25) is 11.0 Å². The van der Waals surface area contributed by atoms with Gasteiger partial charge >= 0.3 is 0 Å². The van der Waals surface area contributed by atoms with Crippen molar-refractivity contribution in [3.63, 3.8) is 0 Å². The normalized spacial score (nSPS) is 11.2. The van der Waals surface area contributed by atoms with Gasteiger partial charge in [0.25, 0.3) is 0 Å². The Bertz CT molecular complexity index is 1260. The van der Waals surface area contributed by atoms with Crippen LogP contribution in [0, 0.1) is 6.92 Å². The number of anilines is 2. The van der Waals surface area contributed by atoms with Crippen LogP contribution in [0.2, 0.25) is 0 Å². The molecule has 0 unspecified atom stereocenters. The van der Waals surface area contributed by atoms with Crippen molar-refractivity contribution in [2.24, 2.45) is 5.10 Å². The Kier molecular flexibility index (Phi) is 7.50. The fourth-order valence-electron chi connectivity index (χ4n) is 3.44. The van der Waals surface area contributed by atoms with E-state index in [2.05, 4.69) is 54.0 Å². The van der Waals surface area contributed by atoms with Crippen LogP contribution in [0.25, 0.3) is 11.3 Å². The number of carbonyl (C=O) groups excluding carboxylic acids is 1. The van der Waals surface area contributed by atoms with Crippen molar-refractivity contribution in [2.75, 3.05) is 10.7 Å². The highest BCUT2D eigenvalue weighted by atomic mass is 32.1. The van der Waals surface area contributed by atoms with Crippen LogP contribution < -0.4 is 10.7 Å². The first-order chi connectivity index (χ1) is 16.5. The number of amides is 1. The summed E-state index contributed by atoms with van der Waals surface area (Å²) in [7, 11) is 0. The summed E-state index contributed by atoms with van der Waals surface area (Å²) in [5, 5.41) is 8.71. The van der Waals surface area contributed by atoms with Crippen molar-refractivity contribution in [1.82, 2.24) is 4.98 Å². The molecule has 0 saturated heterocycles. The van der Waals surface area contributed by atoms with Gasteiger partial charge in [-0.15, -0.1) is 0 Å². The van der Waals surface area contributed by atoms with Crippen LogP contribution in [-0.2, 0) is 11.2 Å². The van der Waals surface area contributed by atoms with Crippen molar-refractivity contribution in [3.8, 4) is 11.3 Å². The van der Waals surface area contributed by atoms with E-state index >= 15 is 0 Å². The Hall–Kier alpha value is -3.77. The lowest BCUT2D eigenvalue weighted by atomic mass is 10.0. The maximum atomic E-state index is 12.7. The molecule has 0 aliphatic heterocycles. The smallest absolute Gasteiger partial charge is 0.229 e. The van der Waals surface area contributed by atoms with Gasteiger partial charge < -0.3 is 5.32 Å². The number of rotatable bonds is 8. The summed E-state index contributed by atoms with van der Waals surface area (Å²) in [5.74, 6) is 0.415. The molecule has 0 aliphatic carbocycles. The molecule has 0 radical (unpaired) electrons. The zero-order valence-electron chi connectivity index (χ0n) is 19.6. The van der Waals surface area contributed by atoms with E-state index in [1.54, 1.807) is 6.21 Å². The molecule has 1 aromatic heterocycles. The molecule has 0 aliphatic rings. The van der Waals surface area contributed by atoms with Gasteiger partial charge in [-0.1, -0.05) is 110 Å². The molecule has 34 heavy (non-hydrogen) atoms. The molecule has 0 fully saturated rings. The number of nitrogens with one attached hydrogen (secondary N) is 2. The zero-order valence-corrected chi connectivity index (χ0v) is 20.4. The molecule has 0 spiro atoms. The second-order valence-corrected chi connectivity index (χ2v) is 9.46. The number of hydrogen-bond acceptors (Lipinski definition) is 5. The SMILES string of the molecule is Cc1ccc(-c2nc(N/N=C/c3ccc(C(C)C)cc3)sc2NC(=O)Cc2ccccc2)cc1. The Labute approximate surface area is 204 Å². The van der Waals surface area contributed by atoms with Crippen LogP contribution in [0.3, 0.4) is 0 Å². The van der Waals surface area contributed by atoms with Crippen LogP contribution in [0.1, 0.15) is 42.0 Å². The van der Waals surface area contributed by atoms with Crippen molar-refractivity contribution in [3.05, 3.63) is 101 Å². The van der Waals surface area contributed by atoms with Crippen LogP contribution in [0.15, 0.2) is 84.0 Å². The maximum absolute atomic E-state index is 12.7. The second kappa shape index (κ2) is 10.9. The molecule has 6 heteroatoms. The van der Waals surface area contributed by atoms with Gasteiger partial charge in [0, 0.05) is 5.56 Å². The van der Waals surface area contributed by atoms with Crippen molar-refractivity contribution < 1.29 is 4.79 Å². The molecule has 2 N–H and O–H groups in total. The van der Waals surface area contributed by atoms with Gasteiger partial charge in [-0.3, -0.25) is 10.2 Å². The average molecular weight is 469 g/mol. The van der Waals surface area contributed by atoms with Crippen molar-refractivity contribution >= 4 is 33.6 Å². The third kappa shape index (κ3) is 6.17. The summed E-state index contributed by atoms with van der Waals surface area (Å²) < 4.78 is 0. The maximum Gasteiger partial charge on any atom is 0.229 e.